The Kier molecular flexibility index (Phi) is 7.82. The van der Waals surface area contributed by atoms with Crippen molar-refractivity contribution >= 4 is 34.8 Å². The molecule has 0 saturated heterocycles. The molecule has 1 heterocycles. The first-order valence-electron chi connectivity index (χ1n) is 10.2. The fourth-order valence-corrected chi connectivity index (χ4v) is 5.39. The number of rotatable bonds is 7. The van der Waals surface area contributed by atoms with E-state index in [1.54, 1.807) is 19.1 Å². The van der Waals surface area contributed by atoms with E-state index in [1.807, 2.05) is 12.1 Å². The molecule has 2 aromatic rings. The number of Topliss-reactive ketones (excluding diaryl/α,β-unsaturated/α-hetero) is 1. The molecule has 7 heteroatoms. The van der Waals surface area contributed by atoms with Crippen LogP contribution in [0.15, 0.2) is 48.2 Å². The highest BCUT2D eigenvalue weighted by atomic mass is 35.5. The molecule has 1 aliphatic carbocycles. The average Bonchev–Trinajstić information content (AvgIpc) is 3.27. The number of alkyl halides is 4. The third-order valence-corrected chi connectivity index (χ3v) is 7.34. The minimum atomic E-state index is -4.39. The summed E-state index contributed by atoms with van der Waals surface area (Å²) >= 11 is 7.98. The van der Waals surface area contributed by atoms with E-state index < -0.39 is 17.8 Å². The fourth-order valence-electron chi connectivity index (χ4n) is 3.97. The molecule has 1 saturated carbocycles. The number of aliphatic hydroxyl groups is 1. The second-order valence-corrected chi connectivity index (χ2v) is 9.60. The lowest BCUT2D eigenvalue weighted by molar-refractivity contribution is -0.137. The van der Waals surface area contributed by atoms with Gasteiger partial charge in [-0.25, -0.2) is 0 Å². The van der Waals surface area contributed by atoms with Gasteiger partial charge in [0.15, 0.2) is 5.78 Å². The maximum atomic E-state index is 12.9. The molecule has 0 aliphatic heterocycles. The quantitative estimate of drug-likeness (QED) is 0.277. The van der Waals surface area contributed by atoms with Crippen molar-refractivity contribution in [1.29, 1.82) is 0 Å². The monoisotopic (exact) mass is 468 g/mol. The molecule has 2 nitrogen and oxygen atoms in total. The van der Waals surface area contributed by atoms with E-state index in [-0.39, 0.29) is 23.0 Å². The van der Waals surface area contributed by atoms with Gasteiger partial charge in [0, 0.05) is 16.2 Å². The van der Waals surface area contributed by atoms with E-state index in [0.29, 0.717) is 12.0 Å². The fraction of sp³-hybridized carbons (Fsp3) is 0.417. The first-order chi connectivity index (χ1) is 14.6. The minimum absolute atomic E-state index is 0.0614. The van der Waals surface area contributed by atoms with E-state index in [4.69, 9.17) is 11.6 Å². The van der Waals surface area contributed by atoms with E-state index in [2.05, 4.69) is 5.73 Å². The summed E-state index contributed by atoms with van der Waals surface area (Å²) in [5.41, 5.74) is 2.65. The predicted molar refractivity (Wildman–Crippen MR) is 118 cm³/mol. The Morgan fingerprint density at radius 2 is 2.10 bits per heavy atom. The molecule has 1 aliphatic rings. The summed E-state index contributed by atoms with van der Waals surface area (Å²) in [5.74, 6) is -0.0688. The van der Waals surface area contributed by atoms with Crippen molar-refractivity contribution in [2.75, 3.05) is 0 Å². The summed E-state index contributed by atoms with van der Waals surface area (Å²) in [5, 5.41) is 10.2. The molecule has 0 spiro atoms. The van der Waals surface area contributed by atoms with E-state index in [0.717, 1.165) is 41.1 Å². The first kappa shape index (κ1) is 23.8. The van der Waals surface area contributed by atoms with Crippen molar-refractivity contribution in [1.82, 2.24) is 0 Å². The molecule has 31 heavy (non-hydrogen) atoms. The number of carbonyl (C=O) groups excluding carboxylic acids is 1. The molecule has 0 amide bonds. The van der Waals surface area contributed by atoms with Gasteiger partial charge in [0.25, 0.3) is 0 Å². The molecule has 0 radical (unpaired) electrons. The van der Waals surface area contributed by atoms with Crippen molar-refractivity contribution in [2.24, 2.45) is 11.8 Å². The van der Waals surface area contributed by atoms with Gasteiger partial charge in [-0.05, 0) is 80.5 Å². The summed E-state index contributed by atoms with van der Waals surface area (Å²) < 4.78 is 38.6. The highest BCUT2D eigenvalue weighted by molar-refractivity contribution is 7.14. The lowest BCUT2D eigenvalue weighted by Crippen LogP contribution is -2.18. The Bertz CT molecular complexity index is 975. The number of benzene rings is 1. The van der Waals surface area contributed by atoms with Gasteiger partial charge in [-0.2, -0.15) is 13.2 Å². The van der Waals surface area contributed by atoms with Crippen LogP contribution in [0, 0.1) is 11.8 Å². The summed E-state index contributed by atoms with van der Waals surface area (Å²) in [6.07, 6.45) is 1.25. The molecular weight excluding hydrogens is 445 g/mol. The number of thiophene rings is 1. The van der Waals surface area contributed by atoms with Gasteiger partial charge in [0.2, 0.25) is 0 Å². The van der Waals surface area contributed by atoms with Crippen LogP contribution in [-0.4, -0.2) is 22.4 Å². The van der Waals surface area contributed by atoms with Crippen molar-refractivity contribution in [2.45, 2.75) is 50.3 Å². The van der Waals surface area contributed by atoms with Crippen LogP contribution in [0.25, 0.3) is 6.08 Å². The molecule has 0 unspecified atom stereocenters. The predicted octanol–water partition coefficient (Wildman–Crippen LogP) is 6.77. The van der Waals surface area contributed by atoms with Crippen LogP contribution < -0.4 is 0 Å². The van der Waals surface area contributed by atoms with Crippen molar-refractivity contribution in [3.8, 4) is 0 Å². The molecule has 1 aromatic heterocycles. The van der Waals surface area contributed by atoms with Gasteiger partial charge in [0.1, 0.15) is 0 Å². The Hall–Kier alpha value is -1.85. The van der Waals surface area contributed by atoms with Crippen LogP contribution in [0.4, 0.5) is 13.2 Å². The van der Waals surface area contributed by atoms with Crippen LogP contribution in [0.3, 0.4) is 0 Å². The first-order valence-corrected chi connectivity index (χ1v) is 11.4. The number of halogens is 4. The lowest BCUT2D eigenvalue weighted by Gasteiger charge is -2.19. The number of ketones is 1. The summed E-state index contributed by atoms with van der Waals surface area (Å²) in [6.45, 7) is 1.55. The number of hydrogen-bond donors (Lipinski definition) is 1. The zero-order valence-corrected chi connectivity index (χ0v) is 18.6. The smallest absolute Gasteiger partial charge is 0.392 e. The summed E-state index contributed by atoms with van der Waals surface area (Å²) in [4.78, 5) is 13.3. The van der Waals surface area contributed by atoms with Gasteiger partial charge < -0.3 is 5.11 Å². The van der Waals surface area contributed by atoms with Crippen molar-refractivity contribution < 1.29 is 23.1 Å². The Morgan fingerprint density at radius 3 is 2.77 bits per heavy atom. The SMILES string of the molecule is CC(=O)c1ccc(CCC[C@@H]2[C@@H](C=C=Cc3cccc(C(F)(F)F)c3)[C@H](O)C[C@H]2Cl)s1. The number of hydrogen-bond acceptors (Lipinski definition) is 3. The van der Waals surface area contributed by atoms with Crippen LogP contribution in [0.1, 0.15) is 51.9 Å². The molecule has 4 atom stereocenters. The van der Waals surface area contributed by atoms with Gasteiger partial charge >= 0.3 is 6.18 Å². The minimum Gasteiger partial charge on any atom is -0.392 e. The lowest BCUT2D eigenvalue weighted by atomic mass is 9.89. The maximum absolute atomic E-state index is 12.9. The number of carbonyl (C=O) groups is 1. The molecule has 166 valence electrons. The third-order valence-electron chi connectivity index (χ3n) is 5.59. The number of aliphatic hydroxyl groups excluding tert-OH is 1. The third kappa shape index (κ3) is 6.33. The van der Waals surface area contributed by atoms with Gasteiger partial charge in [-0.15, -0.1) is 28.7 Å². The number of aryl methyl sites for hydroxylation is 1. The van der Waals surface area contributed by atoms with E-state index in [9.17, 15) is 23.1 Å². The van der Waals surface area contributed by atoms with Gasteiger partial charge in [0.05, 0.1) is 16.5 Å². The Labute approximate surface area is 189 Å². The zero-order valence-electron chi connectivity index (χ0n) is 17.0. The molecule has 1 fully saturated rings. The van der Waals surface area contributed by atoms with Crippen LogP contribution in [0.5, 0.6) is 0 Å². The molecule has 0 bridgehead atoms. The van der Waals surface area contributed by atoms with Crippen molar-refractivity contribution in [3.05, 3.63) is 69.1 Å². The van der Waals surface area contributed by atoms with Gasteiger partial charge in [-0.1, -0.05) is 12.1 Å². The highest BCUT2D eigenvalue weighted by Crippen LogP contribution is 2.40. The Morgan fingerprint density at radius 1 is 1.32 bits per heavy atom. The standard InChI is InChI=1S/C24H24ClF3O2S/c1-15(29)23-12-11-18(31-23)8-4-9-19-20(22(30)14-21(19)25)10-3-6-16-5-2-7-17(13-16)24(26,27)28/h2,5-7,10-13,19-22,30H,4,8-9,14H2,1H3/t3?,19-,20-,21-,22-/m1/s1. The summed E-state index contributed by atoms with van der Waals surface area (Å²) in [7, 11) is 0. The zero-order chi connectivity index (χ0) is 22.6. The van der Waals surface area contributed by atoms with Crippen LogP contribution >= 0.6 is 22.9 Å². The van der Waals surface area contributed by atoms with Crippen LogP contribution in [0.2, 0.25) is 0 Å². The molecule has 1 N–H and O–H groups in total. The van der Waals surface area contributed by atoms with E-state index >= 15 is 0 Å². The molecule has 3 rings (SSSR count). The Balaban J connectivity index is 1.64. The van der Waals surface area contributed by atoms with Gasteiger partial charge in [-0.3, -0.25) is 4.79 Å². The second-order valence-electron chi connectivity index (χ2n) is 7.88. The second kappa shape index (κ2) is 10.2. The molecule has 1 aromatic carbocycles. The molecular formula is C24H24ClF3O2S. The van der Waals surface area contributed by atoms with Crippen LogP contribution in [-0.2, 0) is 12.6 Å². The topological polar surface area (TPSA) is 37.3 Å². The average molecular weight is 469 g/mol. The maximum Gasteiger partial charge on any atom is 0.416 e. The normalized spacial score (nSPS) is 23.4. The summed E-state index contributed by atoms with van der Waals surface area (Å²) in [6, 6.07) is 8.86. The van der Waals surface area contributed by atoms with E-state index in [1.165, 1.54) is 23.5 Å². The van der Waals surface area contributed by atoms with Crippen molar-refractivity contribution in [3.63, 3.8) is 0 Å². The largest absolute Gasteiger partial charge is 0.416 e. The highest BCUT2D eigenvalue weighted by Gasteiger charge is 2.39.